The van der Waals surface area contributed by atoms with Crippen LogP contribution in [0.1, 0.15) is 45.4 Å². The van der Waals surface area contributed by atoms with Gasteiger partial charge in [-0.2, -0.15) is 5.26 Å². The predicted octanol–water partition coefficient (Wildman–Crippen LogP) is 2.82. The zero-order valence-corrected chi connectivity index (χ0v) is 11.6. The van der Waals surface area contributed by atoms with E-state index in [1.54, 1.807) is 23.5 Å². The Bertz CT molecular complexity index is 669. The summed E-state index contributed by atoms with van der Waals surface area (Å²) in [7, 11) is 0. The first-order valence-corrected chi connectivity index (χ1v) is 7.39. The van der Waals surface area contributed by atoms with E-state index in [9.17, 15) is 4.79 Å². The van der Waals surface area contributed by atoms with Crippen LogP contribution in [0.25, 0.3) is 0 Å². The van der Waals surface area contributed by atoms with Crippen LogP contribution in [0.4, 0.5) is 0 Å². The van der Waals surface area contributed by atoms with Crippen LogP contribution in [0, 0.1) is 11.3 Å². The zero-order chi connectivity index (χ0) is 13.9. The molecule has 1 aliphatic carbocycles. The van der Waals surface area contributed by atoms with E-state index in [1.807, 2.05) is 6.07 Å². The molecule has 2 aromatic heterocycles. The fourth-order valence-corrected chi connectivity index (χ4v) is 3.45. The van der Waals surface area contributed by atoms with Gasteiger partial charge in [-0.05, 0) is 48.4 Å². The average molecular weight is 283 g/mol. The second kappa shape index (κ2) is 5.43. The molecule has 0 saturated heterocycles. The quantitative estimate of drug-likeness (QED) is 0.921. The van der Waals surface area contributed by atoms with Gasteiger partial charge in [-0.1, -0.05) is 0 Å². The Labute approximate surface area is 121 Å². The summed E-state index contributed by atoms with van der Waals surface area (Å²) in [4.78, 5) is 17.6. The predicted molar refractivity (Wildman–Crippen MR) is 76.4 cm³/mol. The number of aryl methyl sites for hydroxylation is 1. The highest BCUT2D eigenvalue weighted by molar-refractivity contribution is 7.10. The molecule has 0 aliphatic heterocycles. The van der Waals surface area contributed by atoms with Gasteiger partial charge in [0.05, 0.1) is 11.6 Å². The normalized spacial score (nSPS) is 17.1. The minimum atomic E-state index is -0.182. The third-order valence-electron chi connectivity index (χ3n) is 3.48. The van der Waals surface area contributed by atoms with Crippen molar-refractivity contribution in [3.8, 4) is 6.07 Å². The van der Waals surface area contributed by atoms with Crippen LogP contribution in [-0.4, -0.2) is 10.9 Å². The summed E-state index contributed by atoms with van der Waals surface area (Å²) in [5.74, 6) is -0.182. The third-order valence-corrected chi connectivity index (χ3v) is 4.48. The number of amides is 1. The maximum Gasteiger partial charge on any atom is 0.270 e. The summed E-state index contributed by atoms with van der Waals surface area (Å²) in [6, 6.07) is 7.36. The number of hydrogen-bond donors (Lipinski definition) is 1. The van der Waals surface area contributed by atoms with Crippen LogP contribution in [0.2, 0.25) is 0 Å². The summed E-state index contributed by atoms with van der Waals surface area (Å²) >= 11 is 1.75. The van der Waals surface area contributed by atoms with Gasteiger partial charge in [-0.15, -0.1) is 11.3 Å². The maximum absolute atomic E-state index is 12.2. The van der Waals surface area contributed by atoms with E-state index < -0.39 is 0 Å². The molecule has 0 spiro atoms. The molecule has 0 radical (unpaired) electrons. The van der Waals surface area contributed by atoms with Gasteiger partial charge >= 0.3 is 0 Å². The highest BCUT2D eigenvalue weighted by Crippen LogP contribution is 2.33. The van der Waals surface area contributed by atoms with Crippen molar-refractivity contribution in [3.63, 3.8) is 0 Å². The van der Waals surface area contributed by atoms with E-state index in [1.165, 1.54) is 16.6 Å². The van der Waals surface area contributed by atoms with Gasteiger partial charge in [0.15, 0.2) is 0 Å². The molecule has 2 aromatic rings. The minimum Gasteiger partial charge on any atom is -0.344 e. The topological polar surface area (TPSA) is 65.8 Å². The summed E-state index contributed by atoms with van der Waals surface area (Å²) in [6.07, 6.45) is 4.59. The Morgan fingerprint density at radius 2 is 2.35 bits per heavy atom. The number of fused-ring (bicyclic) bond motifs is 1. The number of carbonyl (C=O) groups excluding carboxylic acids is 1. The molecule has 20 heavy (non-hydrogen) atoms. The smallest absolute Gasteiger partial charge is 0.270 e. The Morgan fingerprint density at radius 1 is 1.45 bits per heavy atom. The first kappa shape index (κ1) is 12.8. The van der Waals surface area contributed by atoms with Crippen LogP contribution in [0.15, 0.2) is 29.8 Å². The molecule has 100 valence electrons. The van der Waals surface area contributed by atoms with E-state index in [0.29, 0.717) is 11.3 Å². The molecule has 2 heterocycles. The second-order valence-electron chi connectivity index (χ2n) is 4.76. The van der Waals surface area contributed by atoms with Gasteiger partial charge < -0.3 is 5.32 Å². The molecule has 1 amide bonds. The van der Waals surface area contributed by atoms with Gasteiger partial charge in [0.25, 0.3) is 5.91 Å². The number of hydrogen-bond acceptors (Lipinski definition) is 4. The van der Waals surface area contributed by atoms with Crippen molar-refractivity contribution in [2.24, 2.45) is 0 Å². The average Bonchev–Trinajstić information content (AvgIpc) is 2.97. The number of nitrogens with zero attached hydrogens (tertiary/aromatic N) is 2. The number of aromatic nitrogens is 1. The summed E-state index contributed by atoms with van der Waals surface area (Å²) in [5.41, 5.74) is 2.05. The molecule has 0 fully saturated rings. The molecular weight excluding hydrogens is 270 g/mol. The van der Waals surface area contributed by atoms with Crippen molar-refractivity contribution in [1.82, 2.24) is 10.3 Å². The van der Waals surface area contributed by atoms with Crippen LogP contribution < -0.4 is 5.32 Å². The lowest BCUT2D eigenvalue weighted by Gasteiger charge is -2.23. The monoisotopic (exact) mass is 283 g/mol. The van der Waals surface area contributed by atoms with Crippen molar-refractivity contribution in [3.05, 3.63) is 51.5 Å². The van der Waals surface area contributed by atoms with Gasteiger partial charge in [-0.25, -0.2) is 4.98 Å². The lowest BCUT2D eigenvalue weighted by Crippen LogP contribution is -2.30. The van der Waals surface area contributed by atoms with Gasteiger partial charge in [0.2, 0.25) is 0 Å². The lowest BCUT2D eigenvalue weighted by molar-refractivity contribution is 0.0928. The molecule has 1 unspecified atom stereocenters. The van der Waals surface area contributed by atoms with Gasteiger partial charge in [0, 0.05) is 11.1 Å². The third kappa shape index (κ3) is 2.43. The number of thiophene rings is 1. The number of nitriles is 1. The highest BCUT2D eigenvalue weighted by atomic mass is 32.1. The first-order chi connectivity index (χ1) is 9.78. The molecule has 1 atom stereocenters. The number of rotatable bonds is 2. The number of nitrogens with one attached hydrogen (secondary N) is 1. The second-order valence-corrected chi connectivity index (χ2v) is 5.76. The molecule has 0 bridgehead atoms. The van der Waals surface area contributed by atoms with E-state index in [0.717, 1.165) is 19.3 Å². The SMILES string of the molecule is N#Cc1ccc(C(=O)NC2CCCc3sccc32)nc1. The molecule has 4 nitrogen and oxygen atoms in total. The molecule has 0 saturated carbocycles. The summed E-state index contributed by atoms with van der Waals surface area (Å²) in [5, 5.41) is 13.8. The Morgan fingerprint density at radius 3 is 3.10 bits per heavy atom. The number of pyridine rings is 1. The van der Waals surface area contributed by atoms with E-state index >= 15 is 0 Å². The molecule has 1 N–H and O–H groups in total. The minimum absolute atomic E-state index is 0.0787. The van der Waals surface area contributed by atoms with Crippen LogP contribution in [-0.2, 0) is 6.42 Å². The molecule has 1 aliphatic rings. The van der Waals surface area contributed by atoms with E-state index in [4.69, 9.17) is 5.26 Å². The van der Waals surface area contributed by atoms with Crippen LogP contribution in [0.5, 0.6) is 0 Å². The van der Waals surface area contributed by atoms with Gasteiger partial charge in [-0.3, -0.25) is 4.79 Å². The standard InChI is InChI=1S/C15H13N3OS/c16-8-10-4-5-13(17-9-10)15(19)18-12-2-1-3-14-11(12)6-7-20-14/h4-7,9,12H,1-3H2,(H,18,19). The van der Waals surface area contributed by atoms with Crippen molar-refractivity contribution < 1.29 is 4.79 Å². The zero-order valence-electron chi connectivity index (χ0n) is 10.8. The number of carbonyl (C=O) groups is 1. The lowest BCUT2D eigenvalue weighted by atomic mass is 9.94. The summed E-state index contributed by atoms with van der Waals surface area (Å²) in [6.45, 7) is 0. The fourth-order valence-electron chi connectivity index (χ4n) is 2.46. The van der Waals surface area contributed by atoms with Crippen molar-refractivity contribution in [2.75, 3.05) is 0 Å². The molecule has 0 aromatic carbocycles. The highest BCUT2D eigenvalue weighted by Gasteiger charge is 2.23. The van der Waals surface area contributed by atoms with Crippen LogP contribution >= 0.6 is 11.3 Å². The first-order valence-electron chi connectivity index (χ1n) is 6.51. The Hall–Kier alpha value is -2.19. The molecule has 5 heteroatoms. The van der Waals surface area contributed by atoms with Crippen molar-refractivity contribution >= 4 is 17.2 Å². The Kier molecular flexibility index (Phi) is 3.48. The van der Waals surface area contributed by atoms with E-state index in [-0.39, 0.29) is 11.9 Å². The van der Waals surface area contributed by atoms with Gasteiger partial charge in [0.1, 0.15) is 11.8 Å². The van der Waals surface area contributed by atoms with Crippen molar-refractivity contribution in [1.29, 1.82) is 5.26 Å². The van der Waals surface area contributed by atoms with E-state index in [2.05, 4.69) is 21.7 Å². The fraction of sp³-hybridized carbons (Fsp3) is 0.267. The largest absolute Gasteiger partial charge is 0.344 e. The molecule has 3 rings (SSSR count). The maximum atomic E-state index is 12.2. The van der Waals surface area contributed by atoms with Crippen LogP contribution in [0.3, 0.4) is 0 Å². The van der Waals surface area contributed by atoms with Crippen molar-refractivity contribution in [2.45, 2.75) is 25.3 Å². The molecular formula is C15H13N3OS. The summed E-state index contributed by atoms with van der Waals surface area (Å²) < 4.78 is 0. The Balaban J connectivity index is 1.75.